The minimum atomic E-state index is 0.0298. The van der Waals surface area contributed by atoms with Gasteiger partial charge in [0.25, 0.3) is 0 Å². The van der Waals surface area contributed by atoms with Gasteiger partial charge in [-0.15, -0.1) is 0 Å². The monoisotopic (exact) mass is 398 g/mol. The van der Waals surface area contributed by atoms with Crippen molar-refractivity contribution in [3.05, 3.63) is 51.2 Å². The van der Waals surface area contributed by atoms with Crippen molar-refractivity contribution >= 4 is 5.96 Å². The summed E-state index contributed by atoms with van der Waals surface area (Å²) < 4.78 is 3.43. The predicted molar refractivity (Wildman–Crippen MR) is 118 cm³/mol. The second-order valence-corrected chi connectivity index (χ2v) is 7.82. The first-order valence-electron chi connectivity index (χ1n) is 10.8. The maximum atomic E-state index is 12.4. The fourth-order valence-corrected chi connectivity index (χ4v) is 3.89. The van der Waals surface area contributed by atoms with Gasteiger partial charge in [-0.25, -0.2) is 9.48 Å². The van der Waals surface area contributed by atoms with Crippen LogP contribution in [0.3, 0.4) is 0 Å². The van der Waals surface area contributed by atoms with Gasteiger partial charge < -0.3 is 10.6 Å². The summed E-state index contributed by atoms with van der Waals surface area (Å²) in [5.74, 6) is 1.76. The van der Waals surface area contributed by atoms with Gasteiger partial charge in [0.1, 0.15) is 5.82 Å². The van der Waals surface area contributed by atoms with Crippen LogP contribution in [0.25, 0.3) is 0 Å². The van der Waals surface area contributed by atoms with E-state index in [4.69, 9.17) is 0 Å². The molecule has 1 aromatic heterocycles. The SMILES string of the molecule is CCNC(=NCCCn1nc2n(c1=O)CCCC2)NCCc1cc(C)cc(C)c1. The molecule has 2 aromatic rings. The van der Waals surface area contributed by atoms with Gasteiger partial charge in [-0.3, -0.25) is 9.56 Å². The van der Waals surface area contributed by atoms with Crippen LogP contribution >= 0.6 is 0 Å². The average Bonchev–Trinajstić information content (AvgIpc) is 3.00. The zero-order valence-electron chi connectivity index (χ0n) is 18.0. The van der Waals surface area contributed by atoms with Crippen LogP contribution in [0.15, 0.2) is 28.0 Å². The first kappa shape index (κ1) is 21.1. The van der Waals surface area contributed by atoms with Gasteiger partial charge in [0.05, 0.1) is 0 Å². The van der Waals surface area contributed by atoms with Crippen molar-refractivity contribution < 1.29 is 0 Å². The van der Waals surface area contributed by atoms with Crippen molar-refractivity contribution in [3.8, 4) is 0 Å². The van der Waals surface area contributed by atoms with E-state index in [0.717, 1.165) is 63.5 Å². The Kier molecular flexibility index (Phi) is 7.49. The van der Waals surface area contributed by atoms with E-state index in [2.05, 4.69) is 59.7 Å². The van der Waals surface area contributed by atoms with Crippen molar-refractivity contribution in [2.24, 2.45) is 4.99 Å². The fraction of sp³-hybridized carbons (Fsp3) is 0.591. The van der Waals surface area contributed by atoms with Crippen molar-refractivity contribution in [3.63, 3.8) is 0 Å². The van der Waals surface area contributed by atoms with E-state index >= 15 is 0 Å². The van der Waals surface area contributed by atoms with Crippen LogP contribution in [0.2, 0.25) is 0 Å². The van der Waals surface area contributed by atoms with E-state index in [0.29, 0.717) is 13.1 Å². The van der Waals surface area contributed by atoms with Gasteiger partial charge in [-0.1, -0.05) is 29.3 Å². The summed E-state index contributed by atoms with van der Waals surface area (Å²) in [4.78, 5) is 17.0. The molecule has 7 nitrogen and oxygen atoms in total. The Labute approximate surface area is 173 Å². The Hall–Kier alpha value is -2.57. The molecule has 1 aliphatic heterocycles. The smallest absolute Gasteiger partial charge is 0.345 e. The molecule has 0 unspecified atom stereocenters. The lowest BCUT2D eigenvalue weighted by Gasteiger charge is -2.12. The standard InChI is InChI=1S/C22H34N6O/c1-4-23-21(25-11-9-19-15-17(2)14-18(3)16-19)24-10-7-13-28-22(29)27-12-6-5-8-20(27)26-28/h14-16H,4-13H2,1-3H3,(H2,23,24,25). The number of fused-ring (bicyclic) bond motifs is 1. The molecule has 1 aliphatic rings. The zero-order chi connectivity index (χ0) is 20.6. The number of nitrogens with zero attached hydrogens (tertiary/aromatic N) is 4. The van der Waals surface area contributed by atoms with Crippen LogP contribution in [-0.2, 0) is 25.9 Å². The minimum absolute atomic E-state index is 0.0298. The third-order valence-corrected chi connectivity index (χ3v) is 5.16. The van der Waals surface area contributed by atoms with Gasteiger partial charge >= 0.3 is 5.69 Å². The highest BCUT2D eigenvalue weighted by atomic mass is 16.2. The molecular formula is C22H34N6O. The molecule has 0 atom stereocenters. The van der Waals surface area contributed by atoms with Crippen molar-refractivity contribution in [2.75, 3.05) is 19.6 Å². The Morgan fingerprint density at radius 1 is 1.17 bits per heavy atom. The lowest BCUT2D eigenvalue weighted by Crippen LogP contribution is -2.38. The summed E-state index contributed by atoms with van der Waals surface area (Å²) in [5, 5.41) is 11.2. The number of aromatic nitrogens is 3. The van der Waals surface area contributed by atoms with Crippen molar-refractivity contribution in [2.45, 2.75) is 66.0 Å². The summed E-state index contributed by atoms with van der Waals surface area (Å²) in [6, 6.07) is 6.67. The molecule has 158 valence electrons. The Balaban J connectivity index is 1.47. The van der Waals surface area contributed by atoms with Crippen molar-refractivity contribution in [1.29, 1.82) is 0 Å². The topological polar surface area (TPSA) is 76.2 Å². The third kappa shape index (κ3) is 5.95. The lowest BCUT2D eigenvalue weighted by atomic mass is 10.1. The first-order valence-corrected chi connectivity index (χ1v) is 10.8. The summed E-state index contributed by atoms with van der Waals surface area (Å²) in [7, 11) is 0. The molecule has 2 heterocycles. The molecule has 0 saturated carbocycles. The molecule has 0 radical (unpaired) electrons. The maximum Gasteiger partial charge on any atom is 0.345 e. The van der Waals surface area contributed by atoms with Crippen LogP contribution in [0.4, 0.5) is 0 Å². The Morgan fingerprint density at radius 2 is 1.97 bits per heavy atom. The second-order valence-electron chi connectivity index (χ2n) is 7.82. The molecule has 2 N–H and O–H groups in total. The van der Waals surface area contributed by atoms with Gasteiger partial charge in [-0.2, -0.15) is 5.10 Å². The van der Waals surface area contributed by atoms with Crippen LogP contribution < -0.4 is 16.3 Å². The highest BCUT2D eigenvalue weighted by Gasteiger charge is 2.16. The Bertz CT molecular complexity index is 875. The normalized spacial score (nSPS) is 14.0. The van der Waals surface area contributed by atoms with Crippen LogP contribution in [-0.4, -0.2) is 39.9 Å². The first-order chi connectivity index (χ1) is 14.1. The number of benzene rings is 1. The number of rotatable bonds is 8. The molecule has 0 amide bonds. The van der Waals surface area contributed by atoms with Crippen LogP contribution in [0.1, 0.15) is 48.7 Å². The van der Waals surface area contributed by atoms with E-state index in [1.54, 1.807) is 4.68 Å². The number of aryl methyl sites for hydroxylation is 4. The third-order valence-electron chi connectivity index (χ3n) is 5.16. The quantitative estimate of drug-likeness (QED) is 0.406. The molecule has 0 bridgehead atoms. The maximum absolute atomic E-state index is 12.4. The van der Waals surface area contributed by atoms with E-state index in [1.807, 2.05) is 4.57 Å². The molecule has 7 heteroatoms. The average molecular weight is 399 g/mol. The van der Waals surface area contributed by atoms with E-state index in [9.17, 15) is 4.79 Å². The zero-order valence-corrected chi connectivity index (χ0v) is 18.0. The second kappa shape index (κ2) is 10.3. The number of guanidine groups is 1. The minimum Gasteiger partial charge on any atom is -0.357 e. The van der Waals surface area contributed by atoms with Crippen molar-refractivity contribution in [1.82, 2.24) is 25.0 Å². The summed E-state index contributed by atoms with van der Waals surface area (Å²) >= 11 is 0. The molecule has 0 fully saturated rings. The molecule has 0 aliphatic carbocycles. The summed E-state index contributed by atoms with van der Waals surface area (Å²) in [6.45, 7) is 10.1. The molecule has 1 aromatic carbocycles. The van der Waals surface area contributed by atoms with Crippen LogP contribution in [0, 0.1) is 13.8 Å². The molecule has 29 heavy (non-hydrogen) atoms. The molecular weight excluding hydrogens is 364 g/mol. The highest BCUT2D eigenvalue weighted by molar-refractivity contribution is 5.79. The number of hydrogen-bond acceptors (Lipinski definition) is 3. The number of aliphatic imine (C=N–C) groups is 1. The Morgan fingerprint density at radius 3 is 2.69 bits per heavy atom. The van der Waals surface area contributed by atoms with Gasteiger partial charge in [-0.05, 0) is 52.0 Å². The molecule has 0 spiro atoms. The number of nitrogens with one attached hydrogen (secondary N) is 2. The van der Waals surface area contributed by atoms with Crippen LogP contribution in [0.5, 0.6) is 0 Å². The summed E-state index contributed by atoms with van der Waals surface area (Å²) in [6.07, 6.45) is 4.87. The largest absolute Gasteiger partial charge is 0.357 e. The van der Waals surface area contributed by atoms with Gasteiger partial charge in [0.15, 0.2) is 5.96 Å². The highest BCUT2D eigenvalue weighted by Crippen LogP contribution is 2.10. The number of hydrogen-bond donors (Lipinski definition) is 2. The van der Waals surface area contributed by atoms with E-state index < -0.39 is 0 Å². The lowest BCUT2D eigenvalue weighted by molar-refractivity contribution is 0.509. The van der Waals surface area contributed by atoms with Gasteiger partial charge in [0.2, 0.25) is 0 Å². The van der Waals surface area contributed by atoms with E-state index in [-0.39, 0.29) is 5.69 Å². The molecule has 0 saturated heterocycles. The molecule has 3 rings (SSSR count). The summed E-state index contributed by atoms with van der Waals surface area (Å²) in [5.41, 5.74) is 3.98. The fourth-order valence-electron chi connectivity index (χ4n) is 3.89. The predicted octanol–water partition coefficient (Wildman–Crippen LogP) is 2.19. The van der Waals surface area contributed by atoms with E-state index in [1.165, 1.54) is 16.7 Å². The van der Waals surface area contributed by atoms with Gasteiger partial charge in [0, 0.05) is 39.1 Å².